The lowest BCUT2D eigenvalue weighted by Crippen LogP contribution is -2.14. The number of anilines is 2. The lowest BCUT2D eigenvalue weighted by molar-refractivity contribution is 0.102. The van der Waals surface area contributed by atoms with Gasteiger partial charge in [-0.05, 0) is 19.1 Å². The normalized spacial score (nSPS) is 10.4. The number of carbonyl (C=O) groups is 1. The SMILES string of the molecule is COc1ccccc1-c1cc(C)ncc1C(=O)Nc1nnc(N)s1. The second-order valence-electron chi connectivity index (χ2n) is 4.97. The Kier molecular flexibility index (Phi) is 4.39. The maximum Gasteiger partial charge on any atom is 0.259 e. The molecular weight excluding hydrogens is 326 g/mol. The Morgan fingerprint density at radius 2 is 2.04 bits per heavy atom. The Labute approximate surface area is 142 Å². The molecule has 0 aliphatic heterocycles. The number of nitrogens with one attached hydrogen (secondary N) is 1. The summed E-state index contributed by atoms with van der Waals surface area (Å²) in [5, 5.41) is 10.8. The van der Waals surface area contributed by atoms with Gasteiger partial charge in [0.25, 0.3) is 5.91 Å². The van der Waals surface area contributed by atoms with E-state index in [2.05, 4.69) is 20.5 Å². The van der Waals surface area contributed by atoms with Crippen molar-refractivity contribution >= 4 is 27.5 Å². The van der Waals surface area contributed by atoms with Crippen molar-refractivity contribution in [3.8, 4) is 16.9 Å². The third-order valence-electron chi connectivity index (χ3n) is 3.34. The van der Waals surface area contributed by atoms with Gasteiger partial charge in [-0.25, -0.2) is 0 Å². The maximum absolute atomic E-state index is 12.6. The lowest BCUT2D eigenvalue weighted by atomic mass is 9.99. The molecule has 1 aromatic carbocycles. The molecule has 122 valence electrons. The average molecular weight is 341 g/mol. The second-order valence-corrected chi connectivity index (χ2v) is 5.98. The highest BCUT2D eigenvalue weighted by Crippen LogP contribution is 2.32. The maximum atomic E-state index is 12.6. The number of aryl methyl sites for hydroxylation is 1. The van der Waals surface area contributed by atoms with Crippen LogP contribution < -0.4 is 15.8 Å². The first kappa shape index (κ1) is 15.9. The van der Waals surface area contributed by atoms with Crippen LogP contribution in [0.4, 0.5) is 10.3 Å². The fourth-order valence-corrected chi connectivity index (χ4v) is 2.79. The zero-order valence-electron chi connectivity index (χ0n) is 13.1. The minimum Gasteiger partial charge on any atom is -0.496 e. The van der Waals surface area contributed by atoms with Crippen molar-refractivity contribution in [3.63, 3.8) is 0 Å². The van der Waals surface area contributed by atoms with E-state index >= 15 is 0 Å². The zero-order valence-corrected chi connectivity index (χ0v) is 13.9. The summed E-state index contributed by atoms with van der Waals surface area (Å²) in [6.45, 7) is 1.87. The molecule has 0 spiro atoms. The van der Waals surface area contributed by atoms with Crippen LogP contribution in [0, 0.1) is 6.92 Å². The van der Waals surface area contributed by atoms with Gasteiger partial charge in [-0.3, -0.25) is 15.1 Å². The topological polar surface area (TPSA) is 103 Å². The summed E-state index contributed by atoms with van der Waals surface area (Å²) >= 11 is 1.10. The summed E-state index contributed by atoms with van der Waals surface area (Å²) in [4.78, 5) is 16.9. The standard InChI is InChI=1S/C16H15N5O2S/c1-9-7-11(10-5-3-4-6-13(10)23-2)12(8-18-9)14(22)19-16-21-20-15(17)24-16/h3-8H,1-2H3,(H2,17,20)(H,19,21,22). The van der Waals surface area contributed by atoms with Crippen molar-refractivity contribution in [2.24, 2.45) is 0 Å². The van der Waals surface area contributed by atoms with Crippen LogP contribution in [-0.4, -0.2) is 28.2 Å². The molecular formula is C16H15N5O2S. The number of carbonyl (C=O) groups excluding carboxylic acids is 1. The molecule has 1 amide bonds. The lowest BCUT2D eigenvalue weighted by Gasteiger charge is -2.13. The number of pyridine rings is 1. The van der Waals surface area contributed by atoms with Gasteiger partial charge in [0, 0.05) is 23.0 Å². The van der Waals surface area contributed by atoms with Crippen molar-refractivity contribution in [2.45, 2.75) is 6.92 Å². The van der Waals surface area contributed by atoms with Crippen molar-refractivity contribution in [2.75, 3.05) is 18.2 Å². The largest absolute Gasteiger partial charge is 0.496 e. The van der Waals surface area contributed by atoms with Gasteiger partial charge in [0.15, 0.2) is 0 Å². The van der Waals surface area contributed by atoms with Crippen LogP contribution in [0.2, 0.25) is 0 Å². The molecule has 8 heteroatoms. The van der Waals surface area contributed by atoms with Gasteiger partial charge in [-0.2, -0.15) is 0 Å². The summed E-state index contributed by atoms with van der Waals surface area (Å²) in [5.41, 5.74) is 8.29. The first-order valence-corrected chi connectivity index (χ1v) is 7.90. The Bertz CT molecular complexity index is 894. The number of benzene rings is 1. The molecule has 0 fully saturated rings. The Morgan fingerprint density at radius 1 is 1.25 bits per heavy atom. The van der Waals surface area contributed by atoms with Gasteiger partial charge in [0.1, 0.15) is 5.75 Å². The third-order valence-corrected chi connectivity index (χ3v) is 4.01. The van der Waals surface area contributed by atoms with Crippen LogP contribution in [-0.2, 0) is 0 Å². The molecule has 0 saturated carbocycles. The van der Waals surface area contributed by atoms with E-state index in [1.807, 2.05) is 37.3 Å². The van der Waals surface area contributed by atoms with Crippen LogP contribution in [0.15, 0.2) is 36.5 Å². The smallest absolute Gasteiger partial charge is 0.259 e. The van der Waals surface area contributed by atoms with Gasteiger partial charge in [-0.15, -0.1) is 10.2 Å². The van der Waals surface area contributed by atoms with E-state index in [0.29, 0.717) is 16.4 Å². The number of hydrogen-bond acceptors (Lipinski definition) is 7. The second kappa shape index (κ2) is 6.63. The van der Waals surface area contributed by atoms with Gasteiger partial charge in [0.2, 0.25) is 10.3 Å². The number of nitrogens with zero attached hydrogens (tertiary/aromatic N) is 3. The molecule has 0 radical (unpaired) electrons. The van der Waals surface area contributed by atoms with Crippen LogP contribution >= 0.6 is 11.3 Å². The van der Waals surface area contributed by atoms with Crippen molar-refractivity contribution < 1.29 is 9.53 Å². The van der Waals surface area contributed by atoms with Gasteiger partial charge >= 0.3 is 0 Å². The highest BCUT2D eigenvalue weighted by molar-refractivity contribution is 7.19. The van der Waals surface area contributed by atoms with Crippen LogP contribution in [0.3, 0.4) is 0 Å². The molecule has 0 atom stereocenters. The van der Waals surface area contributed by atoms with E-state index in [1.165, 1.54) is 6.20 Å². The summed E-state index contributed by atoms with van der Waals surface area (Å²) < 4.78 is 5.41. The van der Waals surface area contributed by atoms with Crippen LogP contribution in [0.5, 0.6) is 5.75 Å². The quantitative estimate of drug-likeness (QED) is 0.756. The summed E-state index contributed by atoms with van der Waals surface area (Å²) in [5.74, 6) is 0.344. The highest BCUT2D eigenvalue weighted by atomic mass is 32.1. The number of methoxy groups -OCH3 is 1. The van der Waals surface area contributed by atoms with E-state index < -0.39 is 0 Å². The molecule has 24 heavy (non-hydrogen) atoms. The van der Waals surface area contributed by atoms with Gasteiger partial charge in [-0.1, -0.05) is 29.5 Å². The average Bonchev–Trinajstić information content (AvgIpc) is 2.99. The number of hydrogen-bond donors (Lipinski definition) is 2. The Morgan fingerprint density at radius 3 is 2.75 bits per heavy atom. The van der Waals surface area contributed by atoms with Crippen LogP contribution in [0.1, 0.15) is 16.1 Å². The number of ether oxygens (including phenoxy) is 1. The third kappa shape index (κ3) is 3.18. The van der Waals surface area contributed by atoms with Crippen molar-refractivity contribution in [1.29, 1.82) is 0 Å². The zero-order chi connectivity index (χ0) is 17.1. The number of nitrogens with two attached hydrogens (primary N) is 1. The van der Waals surface area contributed by atoms with E-state index in [4.69, 9.17) is 10.5 Å². The highest BCUT2D eigenvalue weighted by Gasteiger charge is 2.18. The number of aromatic nitrogens is 3. The summed E-state index contributed by atoms with van der Waals surface area (Å²) in [6, 6.07) is 9.35. The summed E-state index contributed by atoms with van der Waals surface area (Å²) in [7, 11) is 1.59. The fraction of sp³-hybridized carbons (Fsp3) is 0.125. The molecule has 0 aliphatic carbocycles. The van der Waals surface area contributed by atoms with Crippen molar-refractivity contribution in [1.82, 2.24) is 15.2 Å². The van der Waals surface area contributed by atoms with E-state index in [0.717, 1.165) is 28.2 Å². The van der Waals surface area contributed by atoms with E-state index in [-0.39, 0.29) is 11.0 Å². The molecule has 0 unspecified atom stereocenters. The molecule has 7 nitrogen and oxygen atoms in total. The minimum atomic E-state index is -0.334. The predicted octanol–water partition coefficient (Wildman–Crippen LogP) is 2.75. The van der Waals surface area contributed by atoms with Gasteiger partial charge < -0.3 is 10.5 Å². The molecule has 3 rings (SSSR count). The number of nitrogen functional groups attached to an aromatic ring is 1. The van der Waals surface area contributed by atoms with Crippen LogP contribution in [0.25, 0.3) is 11.1 Å². The van der Waals surface area contributed by atoms with E-state index in [9.17, 15) is 4.79 Å². The predicted molar refractivity (Wildman–Crippen MR) is 93.2 cm³/mol. The molecule has 3 aromatic rings. The molecule has 0 saturated heterocycles. The van der Waals surface area contributed by atoms with Gasteiger partial charge in [0.05, 0.1) is 12.7 Å². The first-order chi connectivity index (χ1) is 11.6. The number of rotatable bonds is 4. The van der Waals surface area contributed by atoms with Crippen molar-refractivity contribution in [3.05, 3.63) is 47.8 Å². The molecule has 0 bridgehead atoms. The fourth-order valence-electron chi connectivity index (χ4n) is 2.28. The monoisotopic (exact) mass is 341 g/mol. The Hall–Kier alpha value is -3.00. The first-order valence-electron chi connectivity index (χ1n) is 7.09. The molecule has 0 aliphatic rings. The molecule has 3 N–H and O–H groups in total. The number of para-hydroxylation sites is 1. The minimum absolute atomic E-state index is 0.289. The molecule has 2 heterocycles. The Balaban J connectivity index is 2.04. The van der Waals surface area contributed by atoms with E-state index in [1.54, 1.807) is 7.11 Å². The summed E-state index contributed by atoms with van der Waals surface area (Å²) in [6.07, 6.45) is 1.54. The molecule has 2 aromatic heterocycles. The number of amides is 1.